The summed E-state index contributed by atoms with van der Waals surface area (Å²) in [5.41, 5.74) is 4.40. The Bertz CT molecular complexity index is 535. The van der Waals surface area contributed by atoms with Crippen molar-refractivity contribution in [3.63, 3.8) is 0 Å². The lowest BCUT2D eigenvalue weighted by molar-refractivity contribution is 0.617. The van der Waals surface area contributed by atoms with Crippen molar-refractivity contribution in [2.24, 2.45) is 0 Å². The molecule has 2 nitrogen and oxygen atoms in total. The standard InChI is InChI=1S/C15H17FN2/c1-10-4-6-14(8-11(10)2)18-12(3)15-7-5-13(16)9-17-15/h4-9,12,18H,1-3H3. The molecule has 1 atom stereocenters. The maximum absolute atomic E-state index is 12.8. The van der Waals surface area contributed by atoms with E-state index in [1.54, 1.807) is 6.07 Å². The lowest BCUT2D eigenvalue weighted by Crippen LogP contribution is -2.08. The molecule has 1 N–H and O–H groups in total. The smallest absolute Gasteiger partial charge is 0.141 e. The molecule has 2 rings (SSSR count). The molecule has 0 aliphatic heterocycles. The number of nitrogens with zero attached hydrogens (tertiary/aromatic N) is 1. The Hall–Kier alpha value is -1.90. The maximum atomic E-state index is 12.8. The van der Waals surface area contributed by atoms with Crippen molar-refractivity contribution < 1.29 is 4.39 Å². The zero-order chi connectivity index (χ0) is 13.1. The Morgan fingerprint density at radius 1 is 1.11 bits per heavy atom. The van der Waals surface area contributed by atoms with Crippen LogP contribution in [0.15, 0.2) is 36.5 Å². The van der Waals surface area contributed by atoms with Crippen LogP contribution in [0.4, 0.5) is 10.1 Å². The van der Waals surface area contributed by atoms with E-state index in [1.165, 1.54) is 23.4 Å². The fourth-order valence-electron chi connectivity index (χ4n) is 1.80. The zero-order valence-electron chi connectivity index (χ0n) is 10.9. The number of pyridine rings is 1. The van der Waals surface area contributed by atoms with Crippen LogP contribution < -0.4 is 5.32 Å². The van der Waals surface area contributed by atoms with Crippen LogP contribution in [0, 0.1) is 19.7 Å². The monoisotopic (exact) mass is 244 g/mol. The third-order valence-corrected chi connectivity index (χ3v) is 3.08. The summed E-state index contributed by atoms with van der Waals surface area (Å²) in [5, 5.41) is 3.36. The number of nitrogens with one attached hydrogen (secondary N) is 1. The van der Waals surface area contributed by atoms with Crippen molar-refractivity contribution in [2.45, 2.75) is 26.8 Å². The number of rotatable bonds is 3. The summed E-state index contributed by atoms with van der Waals surface area (Å²) in [7, 11) is 0. The summed E-state index contributed by atoms with van der Waals surface area (Å²) in [5.74, 6) is -0.308. The maximum Gasteiger partial charge on any atom is 0.141 e. The van der Waals surface area contributed by atoms with E-state index >= 15 is 0 Å². The second-order valence-corrected chi connectivity index (χ2v) is 4.57. The fourth-order valence-corrected chi connectivity index (χ4v) is 1.80. The van der Waals surface area contributed by atoms with E-state index in [4.69, 9.17) is 0 Å². The topological polar surface area (TPSA) is 24.9 Å². The molecule has 1 aromatic heterocycles. The van der Waals surface area contributed by atoms with Crippen molar-refractivity contribution in [1.29, 1.82) is 0 Å². The largest absolute Gasteiger partial charge is 0.377 e. The number of benzene rings is 1. The molecule has 0 amide bonds. The Balaban J connectivity index is 2.13. The van der Waals surface area contributed by atoms with E-state index in [0.717, 1.165) is 11.4 Å². The van der Waals surface area contributed by atoms with Gasteiger partial charge in [0.15, 0.2) is 0 Å². The van der Waals surface area contributed by atoms with Crippen LogP contribution in [-0.2, 0) is 0 Å². The molecule has 0 saturated carbocycles. The highest BCUT2D eigenvalue weighted by atomic mass is 19.1. The molecule has 1 heterocycles. The first-order valence-corrected chi connectivity index (χ1v) is 6.01. The number of anilines is 1. The number of hydrogen-bond donors (Lipinski definition) is 1. The summed E-state index contributed by atoms with van der Waals surface area (Å²) in [6.45, 7) is 6.18. The molecule has 0 aliphatic carbocycles. The lowest BCUT2D eigenvalue weighted by atomic mass is 10.1. The van der Waals surface area contributed by atoms with E-state index in [9.17, 15) is 4.39 Å². The SMILES string of the molecule is Cc1ccc(NC(C)c2ccc(F)cn2)cc1C. The molecule has 0 radical (unpaired) electrons. The van der Waals surface area contributed by atoms with Crippen molar-refractivity contribution in [1.82, 2.24) is 4.98 Å². The average molecular weight is 244 g/mol. The van der Waals surface area contributed by atoms with E-state index in [0.29, 0.717) is 0 Å². The predicted octanol–water partition coefficient (Wildman–Crippen LogP) is 4.01. The van der Waals surface area contributed by atoms with Crippen LogP contribution in [-0.4, -0.2) is 4.98 Å². The summed E-state index contributed by atoms with van der Waals surface area (Å²) < 4.78 is 12.8. The molecular weight excluding hydrogens is 227 g/mol. The number of halogens is 1. The minimum absolute atomic E-state index is 0.0488. The lowest BCUT2D eigenvalue weighted by Gasteiger charge is -2.15. The molecule has 1 unspecified atom stereocenters. The molecule has 1 aromatic carbocycles. The van der Waals surface area contributed by atoms with Gasteiger partial charge in [0, 0.05) is 5.69 Å². The minimum atomic E-state index is -0.308. The van der Waals surface area contributed by atoms with Gasteiger partial charge in [0.05, 0.1) is 17.9 Å². The molecule has 0 spiro atoms. The molecule has 0 fully saturated rings. The van der Waals surface area contributed by atoms with Crippen LogP contribution in [0.2, 0.25) is 0 Å². The van der Waals surface area contributed by atoms with E-state index < -0.39 is 0 Å². The van der Waals surface area contributed by atoms with Crippen molar-refractivity contribution in [3.05, 3.63) is 59.2 Å². The van der Waals surface area contributed by atoms with Gasteiger partial charge in [0.25, 0.3) is 0 Å². The van der Waals surface area contributed by atoms with E-state index in [-0.39, 0.29) is 11.9 Å². The van der Waals surface area contributed by atoms with Gasteiger partial charge in [-0.25, -0.2) is 4.39 Å². The van der Waals surface area contributed by atoms with Crippen LogP contribution in [0.25, 0.3) is 0 Å². The van der Waals surface area contributed by atoms with Crippen LogP contribution in [0.3, 0.4) is 0 Å². The number of hydrogen-bond acceptors (Lipinski definition) is 2. The zero-order valence-corrected chi connectivity index (χ0v) is 10.9. The quantitative estimate of drug-likeness (QED) is 0.882. The highest BCUT2D eigenvalue weighted by Gasteiger charge is 2.07. The minimum Gasteiger partial charge on any atom is -0.377 e. The number of aromatic nitrogens is 1. The van der Waals surface area contributed by atoms with Gasteiger partial charge in [-0.2, -0.15) is 0 Å². The fraction of sp³-hybridized carbons (Fsp3) is 0.267. The van der Waals surface area contributed by atoms with Gasteiger partial charge < -0.3 is 5.32 Å². The molecule has 18 heavy (non-hydrogen) atoms. The molecule has 3 heteroatoms. The van der Waals surface area contributed by atoms with Gasteiger partial charge in [0.1, 0.15) is 5.82 Å². The summed E-state index contributed by atoms with van der Waals surface area (Å²) in [6, 6.07) is 9.42. The first kappa shape index (κ1) is 12.6. The van der Waals surface area contributed by atoms with Crippen LogP contribution >= 0.6 is 0 Å². The second-order valence-electron chi connectivity index (χ2n) is 4.57. The molecular formula is C15H17FN2. The van der Waals surface area contributed by atoms with Crippen molar-refractivity contribution in [3.8, 4) is 0 Å². The van der Waals surface area contributed by atoms with Crippen LogP contribution in [0.1, 0.15) is 29.8 Å². The Kier molecular flexibility index (Phi) is 3.60. The first-order valence-electron chi connectivity index (χ1n) is 6.01. The summed E-state index contributed by atoms with van der Waals surface area (Å²) in [4.78, 5) is 4.08. The average Bonchev–Trinajstić information content (AvgIpc) is 2.34. The van der Waals surface area contributed by atoms with Gasteiger partial charge in [-0.05, 0) is 56.2 Å². The Morgan fingerprint density at radius 3 is 2.50 bits per heavy atom. The van der Waals surface area contributed by atoms with Gasteiger partial charge in [0.2, 0.25) is 0 Å². The highest BCUT2D eigenvalue weighted by Crippen LogP contribution is 2.20. The van der Waals surface area contributed by atoms with Gasteiger partial charge in [-0.1, -0.05) is 6.07 Å². The molecule has 0 aliphatic rings. The third-order valence-electron chi connectivity index (χ3n) is 3.08. The first-order chi connectivity index (χ1) is 8.56. The van der Waals surface area contributed by atoms with E-state index in [1.807, 2.05) is 13.0 Å². The second kappa shape index (κ2) is 5.17. The molecule has 0 saturated heterocycles. The summed E-state index contributed by atoms with van der Waals surface area (Å²) in [6.07, 6.45) is 1.24. The third kappa shape index (κ3) is 2.86. The molecule has 0 bridgehead atoms. The van der Waals surface area contributed by atoms with Crippen molar-refractivity contribution >= 4 is 5.69 Å². The summed E-state index contributed by atoms with van der Waals surface area (Å²) >= 11 is 0. The van der Waals surface area contributed by atoms with Gasteiger partial charge in [-0.15, -0.1) is 0 Å². The molecule has 94 valence electrons. The van der Waals surface area contributed by atoms with Crippen LogP contribution in [0.5, 0.6) is 0 Å². The van der Waals surface area contributed by atoms with Gasteiger partial charge >= 0.3 is 0 Å². The predicted molar refractivity (Wildman–Crippen MR) is 72.1 cm³/mol. The van der Waals surface area contributed by atoms with Crippen molar-refractivity contribution in [2.75, 3.05) is 5.32 Å². The molecule has 2 aromatic rings. The highest BCUT2D eigenvalue weighted by molar-refractivity contribution is 5.49. The normalized spacial score (nSPS) is 12.2. The Morgan fingerprint density at radius 2 is 1.89 bits per heavy atom. The van der Waals surface area contributed by atoms with E-state index in [2.05, 4.69) is 36.3 Å². The number of aryl methyl sites for hydroxylation is 2. The Labute approximate surface area is 107 Å². The van der Waals surface area contributed by atoms with Gasteiger partial charge in [-0.3, -0.25) is 4.98 Å².